The molecule has 0 unspecified atom stereocenters. The Bertz CT molecular complexity index is 2200. The molecular formula is C42H54F3N5O9S. The van der Waals surface area contributed by atoms with E-state index in [4.69, 9.17) is 14.5 Å². The Morgan fingerprint density at radius 2 is 1.85 bits per heavy atom. The summed E-state index contributed by atoms with van der Waals surface area (Å²) < 4.78 is 84.6. The fourth-order valence-corrected chi connectivity index (χ4v) is 10.3. The van der Waals surface area contributed by atoms with Gasteiger partial charge in [0.2, 0.25) is 27.7 Å². The van der Waals surface area contributed by atoms with Crippen molar-refractivity contribution in [2.75, 3.05) is 13.2 Å². The third-order valence-electron chi connectivity index (χ3n) is 13.3. The number of benzene rings is 1. The second kappa shape index (κ2) is 15.7. The topological polar surface area (TPSA) is 185 Å². The number of halogens is 3. The van der Waals surface area contributed by atoms with Crippen LogP contribution in [0.5, 0.6) is 11.6 Å². The number of amides is 4. The molecule has 328 valence electrons. The minimum Gasteiger partial charge on any atom is -0.491 e. The van der Waals surface area contributed by atoms with E-state index < -0.39 is 85.9 Å². The molecule has 0 bridgehead atoms. The largest absolute Gasteiger partial charge is 0.491 e. The van der Waals surface area contributed by atoms with Crippen LogP contribution in [0.4, 0.5) is 18.0 Å². The Morgan fingerprint density at radius 3 is 2.50 bits per heavy atom. The SMILES string of the molecule is CC[C@@H]1C[C@@H](C)CC/C=C\[C@@H]2C[C@@]2(C(=O)NS(=O)(=O)C2(C)CC2)NC(=O)[C@@H]2C[C@@H](Oc3nc4c(c5ccccc35)OCCC4)CN2C(=O)[C@H]1N(C(=O)O)C(C)(C)C(F)(F)F. The highest BCUT2D eigenvalue weighted by Gasteiger charge is 2.64. The monoisotopic (exact) mass is 861 g/mol. The zero-order valence-electron chi connectivity index (χ0n) is 34.5. The van der Waals surface area contributed by atoms with Crippen LogP contribution in [-0.4, -0.2) is 105 Å². The van der Waals surface area contributed by atoms with Crippen LogP contribution in [0.2, 0.25) is 0 Å². The first-order chi connectivity index (χ1) is 28.1. The van der Waals surface area contributed by atoms with Gasteiger partial charge in [-0.1, -0.05) is 50.6 Å². The molecule has 60 heavy (non-hydrogen) atoms. The number of fused-ring (bicyclic) bond motifs is 5. The number of alkyl halides is 3. The fraction of sp³-hybridized carbons (Fsp3) is 0.643. The number of nitrogens with one attached hydrogen (secondary N) is 2. The number of hydrogen-bond donors (Lipinski definition) is 3. The van der Waals surface area contributed by atoms with Crippen molar-refractivity contribution in [3.05, 3.63) is 42.1 Å². The zero-order chi connectivity index (χ0) is 43.6. The van der Waals surface area contributed by atoms with Gasteiger partial charge in [-0.25, -0.2) is 18.2 Å². The van der Waals surface area contributed by atoms with Gasteiger partial charge in [0.15, 0.2) is 0 Å². The fourth-order valence-electron chi connectivity index (χ4n) is 9.02. The molecule has 2 aliphatic carbocycles. The van der Waals surface area contributed by atoms with Gasteiger partial charge in [0, 0.05) is 23.1 Å². The maximum atomic E-state index is 15.2. The van der Waals surface area contributed by atoms with Crippen LogP contribution in [0, 0.1) is 17.8 Å². The molecule has 7 rings (SSSR count). The highest BCUT2D eigenvalue weighted by atomic mass is 32.2. The lowest BCUT2D eigenvalue weighted by Gasteiger charge is -2.46. The van der Waals surface area contributed by atoms with Gasteiger partial charge in [-0.2, -0.15) is 13.2 Å². The van der Waals surface area contributed by atoms with Crippen LogP contribution in [0.15, 0.2) is 36.4 Å². The average Bonchev–Trinajstić information content (AvgIpc) is 4.07. The van der Waals surface area contributed by atoms with E-state index in [0.29, 0.717) is 75.8 Å². The number of allylic oxidation sites excluding steroid dienone is 1. The van der Waals surface area contributed by atoms with Crippen LogP contribution < -0.4 is 19.5 Å². The lowest BCUT2D eigenvalue weighted by Crippen LogP contribution is -2.66. The van der Waals surface area contributed by atoms with Crippen molar-refractivity contribution >= 4 is 44.6 Å². The van der Waals surface area contributed by atoms with Gasteiger partial charge in [-0.3, -0.25) is 24.0 Å². The predicted octanol–water partition coefficient (Wildman–Crippen LogP) is 5.87. The number of aromatic nitrogens is 1. The Balaban J connectivity index is 1.31. The maximum absolute atomic E-state index is 15.2. The standard InChI is InChI=1S/C42H54F3N5O9S/c1-6-25-20-24(2)12-7-8-13-26-22-41(26,37(53)48-60(56,57)40(5)17-18-40)47-34(51)31-21-27(23-49(31)36(52)32(25)50(38(54)55)39(3,4)42(43,44)45)59-35-29-15-10-9-14-28(29)33-30(46-35)16-11-19-58-33/h8-10,13-15,24-27,31-32H,6-7,11-12,16-23H2,1-5H3,(H,47,51)(H,48,53)(H,54,55)/b13-8-/t24-,25+,26+,27+,31-,32-,41+/m0/s1. The van der Waals surface area contributed by atoms with Gasteiger partial charge in [0.1, 0.15) is 35.0 Å². The first-order valence-electron chi connectivity index (χ1n) is 20.8. The normalized spacial score (nSPS) is 30.0. The lowest BCUT2D eigenvalue weighted by molar-refractivity contribution is -0.222. The highest BCUT2D eigenvalue weighted by molar-refractivity contribution is 7.91. The molecule has 0 radical (unpaired) electrons. The number of aryl methyl sites for hydroxylation is 1. The van der Waals surface area contributed by atoms with E-state index in [1.165, 1.54) is 6.92 Å². The van der Waals surface area contributed by atoms with E-state index in [1.807, 2.05) is 25.1 Å². The van der Waals surface area contributed by atoms with Crippen LogP contribution in [0.1, 0.15) is 98.1 Å². The van der Waals surface area contributed by atoms with E-state index in [0.717, 1.165) is 10.3 Å². The molecule has 2 aromatic rings. The van der Waals surface area contributed by atoms with Crippen LogP contribution >= 0.6 is 0 Å². The summed E-state index contributed by atoms with van der Waals surface area (Å²) in [5.74, 6) is -3.66. The van der Waals surface area contributed by atoms with Gasteiger partial charge < -0.3 is 24.8 Å². The van der Waals surface area contributed by atoms with Gasteiger partial charge in [0.25, 0.3) is 5.91 Å². The molecule has 3 N–H and O–H groups in total. The number of nitrogens with zero attached hydrogens (tertiary/aromatic N) is 3. The molecule has 0 spiro atoms. The molecule has 1 aromatic heterocycles. The number of carboxylic acid groups (broad SMARTS) is 1. The summed E-state index contributed by atoms with van der Waals surface area (Å²) in [6.07, 6.45) is -1.21. The van der Waals surface area contributed by atoms with Crippen molar-refractivity contribution in [2.45, 2.75) is 139 Å². The summed E-state index contributed by atoms with van der Waals surface area (Å²) in [6, 6.07) is 3.93. The van der Waals surface area contributed by atoms with Crippen LogP contribution in [0.3, 0.4) is 0 Å². The minimum atomic E-state index is -5.09. The van der Waals surface area contributed by atoms with E-state index in [-0.39, 0.29) is 48.9 Å². The van der Waals surface area contributed by atoms with E-state index in [9.17, 15) is 41.1 Å². The lowest BCUT2D eigenvalue weighted by atomic mass is 9.82. The number of carbonyl (C=O) groups excluding carboxylic acids is 3. The van der Waals surface area contributed by atoms with Crippen molar-refractivity contribution in [3.63, 3.8) is 0 Å². The van der Waals surface area contributed by atoms with E-state index in [1.54, 1.807) is 25.1 Å². The van der Waals surface area contributed by atoms with Crippen molar-refractivity contribution in [1.82, 2.24) is 24.8 Å². The summed E-state index contributed by atoms with van der Waals surface area (Å²) >= 11 is 0. The predicted molar refractivity (Wildman–Crippen MR) is 213 cm³/mol. The Kier molecular flexibility index (Phi) is 11.4. The van der Waals surface area contributed by atoms with Gasteiger partial charge in [-0.05, 0) is 90.0 Å². The summed E-state index contributed by atoms with van der Waals surface area (Å²) in [5, 5.41) is 14.7. The number of hydrogen-bond acceptors (Lipinski definition) is 9. The molecule has 3 fully saturated rings. The van der Waals surface area contributed by atoms with Gasteiger partial charge in [-0.15, -0.1) is 0 Å². The highest BCUT2D eigenvalue weighted by Crippen LogP contribution is 2.48. The van der Waals surface area contributed by atoms with E-state index >= 15 is 4.79 Å². The average molecular weight is 862 g/mol. The molecule has 4 heterocycles. The molecule has 7 atom stereocenters. The second-order valence-electron chi connectivity index (χ2n) is 18.0. The van der Waals surface area contributed by atoms with Crippen molar-refractivity contribution in [3.8, 4) is 11.6 Å². The van der Waals surface area contributed by atoms with Crippen LogP contribution in [-0.2, 0) is 30.8 Å². The minimum absolute atomic E-state index is 0.0592. The van der Waals surface area contributed by atoms with Crippen molar-refractivity contribution in [2.24, 2.45) is 17.8 Å². The summed E-state index contributed by atoms with van der Waals surface area (Å²) in [4.78, 5) is 63.1. The maximum Gasteiger partial charge on any atom is 0.411 e. The summed E-state index contributed by atoms with van der Waals surface area (Å²) in [6.45, 7) is 6.70. The number of rotatable bonds is 8. The molecule has 14 nitrogen and oxygen atoms in total. The molecule has 5 aliphatic rings. The number of sulfonamides is 1. The smallest absolute Gasteiger partial charge is 0.411 e. The zero-order valence-corrected chi connectivity index (χ0v) is 35.3. The second-order valence-corrected chi connectivity index (χ2v) is 20.2. The Labute approximate surface area is 347 Å². The number of ether oxygens (including phenoxy) is 2. The van der Waals surface area contributed by atoms with Crippen LogP contribution in [0.25, 0.3) is 10.8 Å². The van der Waals surface area contributed by atoms with Crippen molar-refractivity contribution < 1.29 is 55.3 Å². The molecule has 3 aliphatic heterocycles. The molecule has 1 aromatic carbocycles. The molecular weight excluding hydrogens is 808 g/mol. The van der Waals surface area contributed by atoms with Gasteiger partial charge >= 0.3 is 12.3 Å². The quantitative estimate of drug-likeness (QED) is 0.271. The molecule has 4 amide bonds. The third kappa shape index (κ3) is 7.88. The number of carbonyl (C=O) groups is 4. The summed E-state index contributed by atoms with van der Waals surface area (Å²) in [5.41, 5.74) is -4.09. The Hall–Kier alpha value is -4.61. The molecule has 2 saturated carbocycles. The molecule has 1 saturated heterocycles. The Morgan fingerprint density at radius 1 is 1.15 bits per heavy atom. The first-order valence-corrected chi connectivity index (χ1v) is 22.3. The first kappa shape index (κ1) is 43.5. The third-order valence-corrected chi connectivity index (χ3v) is 15.5. The van der Waals surface area contributed by atoms with Crippen molar-refractivity contribution in [1.29, 1.82) is 0 Å². The molecule has 18 heteroatoms. The number of pyridine rings is 1. The van der Waals surface area contributed by atoms with E-state index in [2.05, 4.69) is 10.0 Å². The van der Waals surface area contributed by atoms with Gasteiger partial charge in [0.05, 0.1) is 23.6 Å². The summed E-state index contributed by atoms with van der Waals surface area (Å²) in [7, 11) is -4.12.